The fourth-order valence-electron chi connectivity index (χ4n) is 8.36. The van der Waals surface area contributed by atoms with Crippen LogP contribution in [0.1, 0.15) is 0 Å². The highest BCUT2D eigenvalue weighted by molar-refractivity contribution is 6.18. The molecule has 4 aromatic heterocycles. The van der Waals surface area contributed by atoms with Crippen molar-refractivity contribution in [3.63, 3.8) is 0 Å². The molecule has 12 aromatic rings. The van der Waals surface area contributed by atoms with Gasteiger partial charge in [0.25, 0.3) is 0 Å². The molecular weight excluding hydrogens is 703 g/mol. The Labute approximate surface area is 325 Å². The monoisotopic (exact) mass is 731 g/mol. The molecule has 0 spiro atoms. The molecule has 0 atom stereocenters. The van der Waals surface area contributed by atoms with Crippen LogP contribution in [0.4, 0.5) is 0 Å². The first-order valence-corrected chi connectivity index (χ1v) is 18.9. The molecule has 0 radical (unpaired) electrons. The molecule has 6 nitrogen and oxygen atoms in total. The van der Waals surface area contributed by atoms with Gasteiger partial charge in [-0.05, 0) is 70.8 Å². The van der Waals surface area contributed by atoms with E-state index in [1.165, 1.54) is 0 Å². The highest BCUT2D eigenvalue weighted by Crippen LogP contribution is 2.45. The molecule has 0 aliphatic heterocycles. The molecular formula is C51H29N3O3. The first kappa shape index (κ1) is 31.5. The van der Waals surface area contributed by atoms with E-state index in [2.05, 4.69) is 72.8 Å². The molecule has 6 heteroatoms. The van der Waals surface area contributed by atoms with Gasteiger partial charge in [-0.1, -0.05) is 127 Å². The minimum atomic E-state index is 0.584. The van der Waals surface area contributed by atoms with Crippen LogP contribution in [0, 0.1) is 0 Å². The van der Waals surface area contributed by atoms with Crippen molar-refractivity contribution in [1.29, 1.82) is 0 Å². The summed E-state index contributed by atoms with van der Waals surface area (Å²) in [5, 5.41) is 6.21. The van der Waals surface area contributed by atoms with Crippen LogP contribution >= 0.6 is 0 Å². The molecule has 0 aliphatic rings. The number of fused-ring (bicyclic) bond motifs is 9. The van der Waals surface area contributed by atoms with E-state index in [9.17, 15) is 0 Å². The molecule has 266 valence electrons. The van der Waals surface area contributed by atoms with E-state index in [0.29, 0.717) is 17.5 Å². The summed E-state index contributed by atoms with van der Waals surface area (Å²) in [5.41, 5.74) is 11.8. The van der Waals surface area contributed by atoms with Gasteiger partial charge in [-0.15, -0.1) is 0 Å². The smallest absolute Gasteiger partial charge is 0.164 e. The number of nitrogens with zero attached hydrogens (tertiary/aromatic N) is 3. The van der Waals surface area contributed by atoms with E-state index in [4.69, 9.17) is 28.2 Å². The topological polar surface area (TPSA) is 78.1 Å². The summed E-state index contributed by atoms with van der Waals surface area (Å²) in [6, 6.07) is 59.7. The van der Waals surface area contributed by atoms with Crippen molar-refractivity contribution in [2.24, 2.45) is 0 Å². The summed E-state index contributed by atoms with van der Waals surface area (Å²) in [6.07, 6.45) is 0. The molecule has 0 unspecified atom stereocenters. The number of hydrogen-bond donors (Lipinski definition) is 0. The van der Waals surface area contributed by atoms with E-state index in [1.54, 1.807) is 0 Å². The fourth-order valence-corrected chi connectivity index (χ4v) is 8.36. The largest absolute Gasteiger partial charge is 0.456 e. The van der Waals surface area contributed by atoms with Crippen molar-refractivity contribution < 1.29 is 13.3 Å². The normalized spacial score (nSPS) is 11.9. The maximum Gasteiger partial charge on any atom is 0.164 e. The number of benzene rings is 8. The van der Waals surface area contributed by atoms with Crippen LogP contribution in [0.2, 0.25) is 0 Å². The van der Waals surface area contributed by atoms with Crippen LogP contribution in [0.25, 0.3) is 122 Å². The average molecular weight is 732 g/mol. The van der Waals surface area contributed by atoms with Gasteiger partial charge in [0.1, 0.15) is 33.5 Å². The van der Waals surface area contributed by atoms with E-state index >= 15 is 0 Å². The molecule has 0 amide bonds. The molecule has 4 heterocycles. The molecule has 8 aromatic carbocycles. The van der Waals surface area contributed by atoms with Crippen LogP contribution in [-0.4, -0.2) is 15.0 Å². The Kier molecular flexibility index (Phi) is 6.83. The van der Waals surface area contributed by atoms with Gasteiger partial charge in [-0.2, -0.15) is 0 Å². The van der Waals surface area contributed by atoms with Gasteiger partial charge in [0.05, 0.1) is 0 Å². The number of para-hydroxylation sites is 2. The lowest BCUT2D eigenvalue weighted by atomic mass is 9.92. The molecule has 0 aliphatic carbocycles. The lowest BCUT2D eigenvalue weighted by Gasteiger charge is -2.10. The van der Waals surface area contributed by atoms with Crippen molar-refractivity contribution in [3.05, 3.63) is 176 Å². The predicted molar refractivity (Wildman–Crippen MR) is 229 cm³/mol. The van der Waals surface area contributed by atoms with E-state index in [0.717, 1.165) is 105 Å². The van der Waals surface area contributed by atoms with Crippen molar-refractivity contribution in [2.75, 3.05) is 0 Å². The minimum absolute atomic E-state index is 0.584. The van der Waals surface area contributed by atoms with Crippen LogP contribution < -0.4 is 0 Å². The van der Waals surface area contributed by atoms with Crippen molar-refractivity contribution >= 4 is 65.8 Å². The first-order chi connectivity index (χ1) is 28.2. The zero-order valence-corrected chi connectivity index (χ0v) is 30.3. The Hall–Kier alpha value is -7.83. The number of rotatable bonds is 5. The highest BCUT2D eigenvalue weighted by atomic mass is 16.3. The predicted octanol–water partition coefficient (Wildman–Crippen LogP) is 13.9. The zero-order chi connectivity index (χ0) is 37.5. The number of aromatic nitrogens is 3. The molecule has 0 N–H and O–H groups in total. The van der Waals surface area contributed by atoms with Crippen LogP contribution in [0.5, 0.6) is 0 Å². The number of furan rings is 3. The second-order valence-electron chi connectivity index (χ2n) is 14.3. The Morgan fingerprint density at radius 3 is 1.40 bits per heavy atom. The Morgan fingerprint density at radius 1 is 0.263 bits per heavy atom. The zero-order valence-electron chi connectivity index (χ0n) is 30.3. The molecule has 12 rings (SSSR count). The third-order valence-corrected chi connectivity index (χ3v) is 10.9. The summed E-state index contributed by atoms with van der Waals surface area (Å²) in [4.78, 5) is 15.0. The summed E-state index contributed by atoms with van der Waals surface area (Å²) in [6.45, 7) is 0. The van der Waals surface area contributed by atoms with Gasteiger partial charge in [0.15, 0.2) is 17.5 Å². The van der Waals surface area contributed by atoms with E-state index < -0.39 is 0 Å². The molecule has 0 bridgehead atoms. The highest BCUT2D eigenvalue weighted by Gasteiger charge is 2.21. The standard InChI is InChI=1S/C51H29N3O3/c1-3-13-30(14-4-1)49-52-50(31-15-5-2-6-16-31)54-51(53-49)38-20-12-24-43-47(38)37-26-25-32(28-44(37)57-43)39-27-33(29-45-48(39)36-18-8-10-22-41(36)56-45)34-19-11-23-42-46(34)35-17-7-9-21-40(35)55-42/h1-29H. The Morgan fingerprint density at radius 2 is 0.737 bits per heavy atom. The summed E-state index contributed by atoms with van der Waals surface area (Å²) in [5.74, 6) is 1.81. The average Bonchev–Trinajstić information content (AvgIpc) is 3.97. The van der Waals surface area contributed by atoms with E-state index in [-0.39, 0.29) is 0 Å². The van der Waals surface area contributed by atoms with Crippen molar-refractivity contribution in [1.82, 2.24) is 15.0 Å². The maximum atomic E-state index is 6.69. The van der Waals surface area contributed by atoms with Gasteiger partial charge < -0.3 is 13.3 Å². The molecule has 0 fully saturated rings. The van der Waals surface area contributed by atoms with Gasteiger partial charge >= 0.3 is 0 Å². The third kappa shape index (κ3) is 5.01. The van der Waals surface area contributed by atoms with Gasteiger partial charge in [0.2, 0.25) is 0 Å². The van der Waals surface area contributed by atoms with Crippen LogP contribution in [-0.2, 0) is 0 Å². The van der Waals surface area contributed by atoms with Gasteiger partial charge in [0, 0.05) is 49.0 Å². The minimum Gasteiger partial charge on any atom is -0.456 e. The quantitative estimate of drug-likeness (QED) is 0.175. The van der Waals surface area contributed by atoms with Gasteiger partial charge in [-0.25, -0.2) is 15.0 Å². The van der Waals surface area contributed by atoms with Crippen LogP contribution in [0.15, 0.2) is 189 Å². The Bertz CT molecular complexity index is 3470. The molecule has 0 saturated carbocycles. The van der Waals surface area contributed by atoms with Crippen LogP contribution in [0.3, 0.4) is 0 Å². The van der Waals surface area contributed by atoms with E-state index in [1.807, 2.05) is 103 Å². The van der Waals surface area contributed by atoms with Crippen molar-refractivity contribution in [3.8, 4) is 56.4 Å². The summed E-state index contributed by atoms with van der Waals surface area (Å²) >= 11 is 0. The first-order valence-electron chi connectivity index (χ1n) is 18.9. The molecule has 0 saturated heterocycles. The molecule has 57 heavy (non-hydrogen) atoms. The lowest BCUT2D eigenvalue weighted by molar-refractivity contribution is 0.668. The SMILES string of the molecule is c1ccc(-c2nc(-c3ccccc3)nc(-c3cccc4oc5cc(-c6cc(-c7cccc8oc9ccccc9c78)cc7oc8ccccc8c67)ccc5c34)n2)cc1. The lowest BCUT2D eigenvalue weighted by Crippen LogP contribution is -2.00. The van der Waals surface area contributed by atoms with Crippen molar-refractivity contribution in [2.45, 2.75) is 0 Å². The fraction of sp³-hybridized carbons (Fsp3) is 0. The number of hydrogen-bond acceptors (Lipinski definition) is 6. The summed E-state index contributed by atoms with van der Waals surface area (Å²) in [7, 11) is 0. The second-order valence-corrected chi connectivity index (χ2v) is 14.3. The summed E-state index contributed by atoms with van der Waals surface area (Å²) < 4.78 is 19.6. The third-order valence-electron chi connectivity index (χ3n) is 10.9. The second kappa shape index (κ2) is 12.3. The maximum absolute atomic E-state index is 6.69. The Balaban J connectivity index is 1.07. The van der Waals surface area contributed by atoms with Gasteiger partial charge in [-0.3, -0.25) is 0 Å².